The fourth-order valence-corrected chi connectivity index (χ4v) is 3.39. The fourth-order valence-electron chi connectivity index (χ4n) is 2.52. The Hall–Kier alpha value is -1.32. The van der Waals surface area contributed by atoms with Crippen LogP contribution in [-0.4, -0.2) is 7.11 Å². The first-order valence-electron chi connectivity index (χ1n) is 7.22. The van der Waals surface area contributed by atoms with Gasteiger partial charge in [-0.1, -0.05) is 38.1 Å². The summed E-state index contributed by atoms with van der Waals surface area (Å²) in [5.41, 5.74) is 1.24. The standard InChI is InChI=1S/C17H23NOS/c1-4-14(13-9-6-7-10-16(13)19-3)18-15(5-2)17-11-8-12-20-17/h6-12,14-15,18H,4-5H2,1-3H3. The van der Waals surface area contributed by atoms with Crippen LogP contribution in [0.15, 0.2) is 41.8 Å². The first-order valence-corrected chi connectivity index (χ1v) is 8.10. The van der Waals surface area contributed by atoms with E-state index in [0.29, 0.717) is 12.1 Å². The van der Waals surface area contributed by atoms with Crippen LogP contribution < -0.4 is 10.1 Å². The molecule has 0 aliphatic heterocycles. The molecular formula is C17H23NOS. The van der Waals surface area contributed by atoms with Gasteiger partial charge in [0.1, 0.15) is 5.75 Å². The number of ether oxygens (including phenoxy) is 1. The summed E-state index contributed by atoms with van der Waals surface area (Å²) in [7, 11) is 1.74. The molecule has 2 rings (SSSR count). The highest BCUT2D eigenvalue weighted by Gasteiger charge is 2.19. The first-order chi connectivity index (χ1) is 9.80. The van der Waals surface area contributed by atoms with Gasteiger partial charge in [-0.2, -0.15) is 0 Å². The molecule has 0 amide bonds. The van der Waals surface area contributed by atoms with Crippen molar-refractivity contribution in [1.29, 1.82) is 0 Å². The van der Waals surface area contributed by atoms with E-state index in [2.05, 4.69) is 48.8 Å². The van der Waals surface area contributed by atoms with Crippen molar-refractivity contribution in [2.75, 3.05) is 7.11 Å². The predicted molar refractivity (Wildman–Crippen MR) is 86.5 cm³/mol. The Bertz CT molecular complexity index is 509. The fraction of sp³-hybridized carbons (Fsp3) is 0.412. The molecule has 0 aliphatic rings. The number of rotatable bonds is 7. The second-order valence-corrected chi connectivity index (χ2v) is 5.82. The number of nitrogens with one attached hydrogen (secondary N) is 1. The van der Waals surface area contributed by atoms with Gasteiger partial charge in [0.05, 0.1) is 7.11 Å². The van der Waals surface area contributed by atoms with Crippen molar-refractivity contribution in [2.24, 2.45) is 0 Å². The Kier molecular flexibility index (Phi) is 5.62. The highest BCUT2D eigenvalue weighted by molar-refractivity contribution is 7.10. The van der Waals surface area contributed by atoms with Crippen molar-refractivity contribution < 1.29 is 4.74 Å². The Labute approximate surface area is 125 Å². The van der Waals surface area contributed by atoms with E-state index >= 15 is 0 Å². The lowest BCUT2D eigenvalue weighted by Gasteiger charge is -2.25. The van der Waals surface area contributed by atoms with Crippen LogP contribution in [0.3, 0.4) is 0 Å². The smallest absolute Gasteiger partial charge is 0.123 e. The minimum atomic E-state index is 0.318. The van der Waals surface area contributed by atoms with E-state index in [4.69, 9.17) is 4.74 Å². The Morgan fingerprint density at radius 2 is 1.80 bits per heavy atom. The number of thiophene rings is 1. The summed E-state index contributed by atoms with van der Waals surface area (Å²) in [6, 6.07) is 13.3. The molecule has 1 aromatic heterocycles. The second kappa shape index (κ2) is 7.46. The van der Waals surface area contributed by atoms with Gasteiger partial charge >= 0.3 is 0 Å². The summed E-state index contributed by atoms with van der Waals surface area (Å²) in [6.07, 6.45) is 2.13. The normalized spacial score (nSPS) is 13.9. The topological polar surface area (TPSA) is 21.3 Å². The summed E-state index contributed by atoms with van der Waals surface area (Å²) in [6.45, 7) is 4.44. The van der Waals surface area contributed by atoms with Crippen molar-refractivity contribution in [2.45, 2.75) is 38.8 Å². The van der Waals surface area contributed by atoms with E-state index < -0.39 is 0 Å². The van der Waals surface area contributed by atoms with Crippen molar-refractivity contribution in [3.63, 3.8) is 0 Å². The lowest BCUT2D eigenvalue weighted by molar-refractivity contribution is 0.382. The molecule has 2 aromatic rings. The van der Waals surface area contributed by atoms with Gasteiger partial charge in [0.2, 0.25) is 0 Å². The third-order valence-electron chi connectivity index (χ3n) is 3.62. The molecule has 20 heavy (non-hydrogen) atoms. The SMILES string of the molecule is CCC(NC(CC)c1ccccc1OC)c1cccs1. The summed E-state index contributed by atoms with van der Waals surface area (Å²) in [5, 5.41) is 5.92. The molecule has 108 valence electrons. The molecule has 2 unspecified atom stereocenters. The van der Waals surface area contributed by atoms with Crippen LogP contribution in [0.4, 0.5) is 0 Å². The van der Waals surface area contributed by atoms with Crippen molar-refractivity contribution >= 4 is 11.3 Å². The van der Waals surface area contributed by atoms with Gasteiger partial charge in [-0.25, -0.2) is 0 Å². The van der Waals surface area contributed by atoms with Gasteiger partial charge in [-0.05, 0) is 30.4 Å². The van der Waals surface area contributed by atoms with Crippen molar-refractivity contribution in [3.8, 4) is 5.75 Å². The number of para-hydroxylation sites is 1. The van der Waals surface area contributed by atoms with E-state index in [0.717, 1.165) is 18.6 Å². The molecule has 1 aromatic carbocycles. The summed E-state index contributed by atoms with van der Waals surface area (Å²) in [5.74, 6) is 0.966. The molecular weight excluding hydrogens is 266 g/mol. The maximum absolute atomic E-state index is 5.50. The van der Waals surface area contributed by atoms with E-state index in [9.17, 15) is 0 Å². The van der Waals surface area contributed by atoms with Crippen molar-refractivity contribution in [1.82, 2.24) is 5.32 Å². The van der Waals surface area contributed by atoms with Crippen molar-refractivity contribution in [3.05, 3.63) is 52.2 Å². The Morgan fingerprint density at radius 3 is 2.40 bits per heavy atom. The number of methoxy groups -OCH3 is 1. The maximum atomic E-state index is 5.50. The zero-order chi connectivity index (χ0) is 14.4. The van der Waals surface area contributed by atoms with Crippen LogP contribution in [0.5, 0.6) is 5.75 Å². The molecule has 0 radical (unpaired) electrons. The highest BCUT2D eigenvalue weighted by atomic mass is 32.1. The third kappa shape index (κ3) is 3.41. The van der Waals surface area contributed by atoms with E-state index in [-0.39, 0.29) is 0 Å². The number of hydrogen-bond acceptors (Lipinski definition) is 3. The van der Waals surface area contributed by atoms with Gasteiger partial charge in [0.25, 0.3) is 0 Å². The predicted octanol–water partition coefficient (Wildman–Crippen LogP) is 4.95. The highest BCUT2D eigenvalue weighted by Crippen LogP contribution is 2.31. The molecule has 0 aliphatic carbocycles. The monoisotopic (exact) mass is 289 g/mol. The quantitative estimate of drug-likeness (QED) is 0.778. The summed E-state index contributed by atoms with van der Waals surface area (Å²) < 4.78 is 5.50. The molecule has 2 atom stereocenters. The van der Waals surface area contributed by atoms with Crippen LogP contribution in [0.2, 0.25) is 0 Å². The lowest BCUT2D eigenvalue weighted by atomic mass is 10.0. The molecule has 0 bridgehead atoms. The molecule has 2 nitrogen and oxygen atoms in total. The summed E-state index contributed by atoms with van der Waals surface area (Å²) in [4.78, 5) is 1.40. The van der Waals surface area contributed by atoms with Crippen LogP contribution >= 0.6 is 11.3 Å². The lowest BCUT2D eigenvalue weighted by Crippen LogP contribution is -2.25. The summed E-state index contributed by atoms with van der Waals surface area (Å²) >= 11 is 1.82. The van der Waals surface area contributed by atoms with Gasteiger partial charge in [0.15, 0.2) is 0 Å². The van der Waals surface area contributed by atoms with Crippen LogP contribution in [0, 0.1) is 0 Å². The van der Waals surface area contributed by atoms with Crippen LogP contribution in [-0.2, 0) is 0 Å². The number of benzene rings is 1. The van der Waals surface area contributed by atoms with Crippen LogP contribution in [0.1, 0.15) is 49.2 Å². The zero-order valence-corrected chi connectivity index (χ0v) is 13.2. The third-order valence-corrected chi connectivity index (χ3v) is 4.61. The average Bonchev–Trinajstić information content (AvgIpc) is 3.03. The second-order valence-electron chi connectivity index (χ2n) is 4.85. The molecule has 3 heteroatoms. The Morgan fingerprint density at radius 1 is 1.05 bits per heavy atom. The van der Waals surface area contributed by atoms with E-state index in [1.54, 1.807) is 7.11 Å². The van der Waals surface area contributed by atoms with E-state index in [1.807, 2.05) is 23.5 Å². The zero-order valence-electron chi connectivity index (χ0n) is 12.4. The minimum Gasteiger partial charge on any atom is -0.496 e. The molecule has 0 fully saturated rings. The van der Waals surface area contributed by atoms with Gasteiger partial charge in [0, 0.05) is 22.5 Å². The minimum absolute atomic E-state index is 0.318. The molecule has 0 spiro atoms. The average molecular weight is 289 g/mol. The Balaban J connectivity index is 2.19. The molecule has 1 heterocycles. The number of hydrogen-bond donors (Lipinski definition) is 1. The van der Waals surface area contributed by atoms with Gasteiger partial charge in [-0.3, -0.25) is 0 Å². The largest absolute Gasteiger partial charge is 0.496 e. The van der Waals surface area contributed by atoms with E-state index in [1.165, 1.54) is 10.4 Å². The molecule has 1 N–H and O–H groups in total. The molecule has 0 saturated heterocycles. The van der Waals surface area contributed by atoms with Gasteiger partial charge < -0.3 is 10.1 Å². The first kappa shape index (κ1) is 15.1. The maximum Gasteiger partial charge on any atom is 0.123 e. The van der Waals surface area contributed by atoms with Crippen LogP contribution in [0.25, 0.3) is 0 Å². The van der Waals surface area contributed by atoms with Gasteiger partial charge in [-0.15, -0.1) is 11.3 Å². The molecule has 0 saturated carbocycles.